The Morgan fingerprint density at radius 2 is 2.00 bits per heavy atom. The molecule has 5 nitrogen and oxygen atoms in total. The molecule has 5 heteroatoms. The molecule has 0 spiro atoms. The molecule has 2 atom stereocenters. The third kappa shape index (κ3) is 5.56. The zero-order chi connectivity index (χ0) is 16.3. The number of hydrogen-bond acceptors (Lipinski definition) is 3. The number of carboxylic acids is 1. The number of aliphatic carboxylic acids is 1. The second-order valence-corrected chi connectivity index (χ2v) is 7.48. The van der Waals surface area contributed by atoms with Crippen LogP contribution in [0.2, 0.25) is 0 Å². The molecule has 1 aliphatic heterocycles. The Morgan fingerprint density at radius 3 is 2.48 bits per heavy atom. The molecule has 1 aliphatic rings. The third-order valence-electron chi connectivity index (χ3n) is 3.89. The fourth-order valence-electron chi connectivity index (χ4n) is 2.99. The van der Waals surface area contributed by atoms with Crippen molar-refractivity contribution in [3.63, 3.8) is 0 Å². The summed E-state index contributed by atoms with van der Waals surface area (Å²) in [5.41, 5.74) is -0.569. The fraction of sp³-hybridized carbons (Fsp3) is 0.875. The maximum Gasteiger partial charge on any atom is 0.410 e. The van der Waals surface area contributed by atoms with Crippen LogP contribution in [0, 0.1) is 5.41 Å². The first-order valence-corrected chi connectivity index (χ1v) is 7.78. The lowest BCUT2D eigenvalue weighted by molar-refractivity contribution is -0.138. The molecule has 0 bridgehead atoms. The van der Waals surface area contributed by atoms with E-state index in [2.05, 4.69) is 13.8 Å². The Kier molecular flexibility index (Phi) is 5.65. The molecule has 0 aliphatic carbocycles. The van der Waals surface area contributed by atoms with Crippen molar-refractivity contribution in [1.29, 1.82) is 0 Å². The van der Waals surface area contributed by atoms with E-state index in [1.807, 2.05) is 20.8 Å². The van der Waals surface area contributed by atoms with Crippen LogP contribution < -0.4 is 0 Å². The average molecular weight is 299 g/mol. The molecule has 1 saturated heterocycles. The second kappa shape index (κ2) is 6.67. The number of unbranched alkanes of at least 4 members (excludes halogenated alkanes) is 1. The number of rotatable bonds is 5. The van der Waals surface area contributed by atoms with Crippen LogP contribution in [0.3, 0.4) is 0 Å². The van der Waals surface area contributed by atoms with E-state index < -0.39 is 17.7 Å². The van der Waals surface area contributed by atoms with Crippen molar-refractivity contribution >= 4 is 12.1 Å². The minimum Gasteiger partial charge on any atom is -0.481 e. The van der Waals surface area contributed by atoms with E-state index in [1.165, 1.54) is 0 Å². The summed E-state index contributed by atoms with van der Waals surface area (Å²) in [6, 6.07) is -0.265. The first-order valence-electron chi connectivity index (χ1n) is 7.78. The summed E-state index contributed by atoms with van der Waals surface area (Å²) in [5.74, 6) is -0.867. The van der Waals surface area contributed by atoms with Gasteiger partial charge in [0.1, 0.15) is 5.60 Å². The second-order valence-electron chi connectivity index (χ2n) is 7.48. The first kappa shape index (κ1) is 17.8. The van der Waals surface area contributed by atoms with Gasteiger partial charge in [-0.3, -0.25) is 4.79 Å². The van der Waals surface area contributed by atoms with Gasteiger partial charge in [-0.05, 0) is 39.0 Å². The van der Waals surface area contributed by atoms with Gasteiger partial charge in [0.25, 0.3) is 0 Å². The van der Waals surface area contributed by atoms with Crippen molar-refractivity contribution in [2.24, 2.45) is 5.41 Å². The maximum atomic E-state index is 12.3. The predicted octanol–water partition coefficient (Wildman–Crippen LogP) is 3.67. The standard InChI is InChI=1S/C16H29NO4/c1-6-7-8-16(5)10-12(9-13(18)19)17(11-16)14(20)21-15(2,3)4/h12H,6-11H2,1-5H3,(H,18,19)/t12-,16-/m1/s1. The summed E-state index contributed by atoms with van der Waals surface area (Å²) in [6.45, 7) is 10.3. The number of likely N-dealkylation sites (tertiary alicyclic amines) is 1. The third-order valence-corrected chi connectivity index (χ3v) is 3.89. The number of carbonyl (C=O) groups excluding carboxylic acids is 1. The Labute approximate surface area is 127 Å². The largest absolute Gasteiger partial charge is 0.481 e. The SMILES string of the molecule is CCCC[C@]1(C)C[C@@H](CC(=O)O)N(C(=O)OC(C)(C)C)C1. The van der Waals surface area contributed by atoms with Gasteiger partial charge in [0.2, 0.25) is 0 Å². The van der Waals surface area contributed by atoms with Crippen molar-refractivity contribution < 1.29 is 19.4 Å². The molecule has 21 heavy (non-hydrogen) atoms. The highest BCUT2D eigenvalue weighted by molar-refractivity contribution is 5.72. The normalized spacial score (nSPS) is 26.0. The van der Waals surface area contributed by atoms with E-state index in [1.54, 1.807) is 4.90 Å². The number of hydrogen-bond donors (Lipinski definition) is 1. The molecule has 0 aromatic rings. The molecule has 0 aromatic heterocycles. The molecule has 1 heterocycles. The fourth-order valence-corrected chi connectivity index (χ4v) is 2.99. The summed E-state index contributed by atoms with van der Waals surface area (Å²) >= 11 is 0. The molecule has 1 rings (SSSR count). The molecule has 0 radical (unpaired) electrons. The molecule has 1 amide bonds. The van der Waals surface area contributed by atoms with Crippen LogP contribution in [0.15, 0.2) is 0 Å². The number of amides is 1. The summed E-state index contributed by atoms with van der Waals surface area (Å²) in [6.07, 6.45) is 3.54. The van der Waals surface area contributed by atoms with Gasteiger partial charge in [-0.15, -0.1) is 0 Å². The van der Waals surface area contributed by atoms with Crippen molar-refractivity contribution in [2.45, 2.75) is 78.4 Å². The van der Waals surface area contributed by atoms with Gasteiger partial charge in [-0.2, -0.15) is 0 Å². The van der Waals surface area contributed by atoms with Crippen LogP contribution in [0.4, 0.5) is 4.79 Å². The lowest BCUT2D eigenvalue weighted by Crippen LogP contribution is -2.41. The first-order chi connectivity index (χ1) is 9.56. The number of carbonyl (C=O) groups is 2. The van der Waals surface area contributed by atoms with Crippen molar-refractivity contribution in [2.75, 3.05) is 6.54 Å². The van der Waals surface area contributed by atoms with Gasteiger partial charge < -0.3 is 14.7 Å². The zero-order valence-electron chi connectivity index (χ0n) is 13.9. The van der Waals surface area contributed by atoms with Crippen molar-refractivity contribution in [3.8, 4) is 0 Å². The molecule has 122 valence electrons. The highest BCUT2D eigenvalue weighted by atomic mass is 16.6. The van der Waals surface area contributed by atoms with Gasteiger partial charge in [0.05, 0.1) is 6.42 Å². The molecular formula is C16H29NO4. The number of ether oxygens (including phenoxy) is 1. The molecule has 1 N–H and O–H groups in total. The minimum atomic E-state index is -0.867. The Hall–Kier alpha value is -1.26. The van der Waals surface area contributed by atoms with Crippen LogP contribution in [-0.4, -0.2) is 40.3 Å². The van der Waals surface area contributed by atoms with Gasteiger partial charge >= 0.3 is 12.1 Å². The number of nitrogens with zero attached hydrogens (tertiary/aromatic N) is 1. The van der Waals surface area contributed by atoms with Crippen LogP contribution >= 0.6 is 0 Å². The highest BCUT2D eigenvalue weighted by Gasteiger charge is 2.44. The van der Waals surface area contributed by atoms with Crippen molar-refractivity contribution in [3.05, 3.63) is 0 Å². The van der Waals surface area contributed by atoms with E-state index in [-0.39, 0.29) is 17.9 Å². The average Bonchev–Trinajstić information content (AvgIpc) is 2.61. The summed E-state index contributed by atoms with van der Waals surface area (Å²) in [7, 11) is 0. The predicted molar refractivity (Wildman–Crippen MR) is 81.2 cm³/mol. The number of carboxylic acid groups (broad SMARTS) is 1. The molecular weight excluding hydrogens is 270 g/mol. The smallest absolute Gasteiger partial charge is 0.410 e. The Bertz CT molecular complexity index is 388. The van der Waals surface area contributed by atoms with Crippen molar-refractivity contribution in [1.82, 2.24) is 4.90 Å². The van der Waals surface area contributed by atoms with Gasteiger partial charge in [0.15, 0.2) is 0 Å². The van der Waals surface area contributed by atoms with Gasteiger partial charge in [-0.1, -0.05) is 26.7 Å². The quantitative estimate of drug-likeness (QED) is 0.841. The highest BCUT2D eigenvalue weighted by Crippen LogP contribution is 2.40. The van der Waals surface area contributed by atoms with E-state index in [0.29, 0.717) is 6.54 Å². The topological polar surface area (TPSA) is 66.8 Å². The molecule has 0 aromatic carbocycles. The summed E-state index contributed by atoms with van der Waals surface area (Å²) in [4.78, 5) is 25.0. The summed E-state index contributed by atoms with van der Waals surface area (Å²) in [5, 5.41) is 9.07. The molecule has 0 saturated carbocycles. The van der Waals surface area contributed by atoms with E-state index in [4.69, 9.17) is 9.84 Å². The van der Waals surface area contributed by atoms with Crippen LogP contribution in [0.5, 0.6) is 0 Å². The lowest BCUT2D eigenvalue weighted by atomic mass is 9.82. The zero-order valence-corrected chi connectivity index (χ0v) is 13.9. The van der Waals surface area contributed by atoms with Gasteiger partial charge in [0, 0.05) is 12.6 Å². The van der Waals surface area contributed by atoms with E-state index in [0.717, 1.165) is 25.7 Å². The summed E-state index contributed by atoms with van der Waals surface area (Å²) < 4.78 is 5.43. The monoisotopic (exact) mass is 299 g/mol. The van der Waals surface area contributed by atoms with E-state index in [9.17, 15) is 9.59 Å². The van der Waals surface area contributed by atoms with Gasteiger partial charge in [-0.25, -0.2) is 4.79 Å². The molecule has 1 fully saturated rings. The van der Waals surface area contributed by atoms with Crippen LogP contribution in [-0.2, 0) is 9.53 Å². The van der Waals surface area contributed by atoms with E-state index >= 15 is 0 Å². The Balaban J connectivity index is 2.82. The Morgan fingerprint density at radius 1 is 1.38 bits per heavy atom. The lowest BCUT2D eigenvalue weighted by Gasteiger charge is -2.28. The minimum absolute atomic E-state index is 0.00691. The molecule has 0 unspecified atom stereocenters. The maximum absolute atomic E-state index is 12.3. The van der Waals surface area contributed by atoms with Crippen LogP contribution in [0.1, 0.15) is 66.7 Å². The van der Waals surface area contributed by atoms with Crippen LogP contribution in [0.25, 0.3) is 0 Å².